The van der Waals surface area contributed by atoms with Gasteiger partial charge in [0.25, 0.3) is 0 Å². The first-order valence-electron chi connectivity index (χ1n) is 7.55. The summed E-state index contributed by atoms with van der Waals surface area (Å²) in [5.41, 5.74) is 0.234. The summed E-state index contributed by atoms with van der Waals surface area (Å²) >= 11 is 0. The standard InChI is InChI=1S/C15H31N3/c1-15(2,3)16-13-8-6-7-9-14(13)18(5)12-10-17(4)11-12/h12-14,16H,6-11H2,1-5H3/t13-,14-/m0/s1. The molecule has 18 heavy (non-hydrogen) atoms. The maximum atomic E-state index is 3.85. The third-order valence-electron chi connectivity index (χ3n) is 4.49. The second kappa shape index (κ2) is 5.48. The van der Waals surface area contributed by atoms with Crippen molar-refractivity contribution in [3.63, 3.8) is 0 Å². The molecule has 1 heterocycles. The molecule has 1 saturated heterocycles. The molecule has 0 aromatic heterocycles. The van der Waals surface area contributed by atoms with Gasteiger partial charge in [-0.1, -0.05) is 12.8 Å². The molecule has 1 aliphatic carbocycles. The molecule has 1 aliphatic heterocycles. The molecule has 1 N–H and O–H groups in total. The molecule has 0 unspecified atom stereocenters. The third-order valence-corrected chi connectivity index (χ3v) is 4.49. The Morgan fingerprint density at radius 3 is 2.28 bits per heavy atom. The summed E-state index contributed by atoms with van der Waals surface area (Å²) in [6, 6.07) is 2.19. The van der Waals surface area contributed by atoms with Crippen molar-refractivity contribution < 1.29 is 0 Å². The normalized spacial score (nSPS) is 31.7. The number of hydrogen-bond donors (Lipinski definition) is 1. The molecule has 0 spiro atoms. The Bertz CT molecular complexity index is 265. The van der Waals surface area contributed by atoms with Crippen LogP contribution in [0.1, 0.15) is 46.5 Å². The van der Waals surface area contributed by atoms with E-state index >= 15 is 0 Å². The highest BCUT2D eigenvalue weighted by Crippen LogP contribution is 2.27. The van der Waals surface area contributed by atoms with Gasteiger partial charge in [0.15, 0.2) is 0 Å². The van der Waals surface area contributed by atoms with Gasteiger partial charge < -0.3 is 10.2 Å². The van der Waals surface area contributed by atoms with E-state index in [-0.39, 0.29) is 5.54 Å². The number of hydrogen-bond acceptors (Lipinski definition) is 3. The highest BCUT2D eigenvalue weighted by atomic mass is 15.3. The monoisotopic (exact) mass is 253 g/mol. The van der Waals surface area contributed by atoms with Crippen molar-refractivity contribution in [3.05, 3.63) is 0 Å². The predicted molar refractivity (Wildman–Crippen MR) is 78.0 cm³/mol. The zero-order valence-corrected chi connectivity index (χ0v) is 12.9. The topological polar surface area (TPSA) is 18.5 Å². The molecule has 0 radical (unpaired) electrons. The average Bonchev–Trinajstić information content (AvgIpc) is 2.22. The number of nitrogens with zero attached hydrogens (tertiary/aromatic N) is 2. The molecule has 0 aromatic carbocycles. The van der Waals surface area contributed by atoms with Crippen molar-refractivity contribution in [1.82, 2.24) is 15.1 Å². The largest absolute Gasteiger partial charge is 0.308 e. The molecule has 2 fully saturated rings. The van der Waals surface area contributed by atoms with E-state index in [0.717, 1.165) is 12.1 Å². The molecule has 2 atom stereocenters. The van der Waals surface area contributed by atoms with Crippen LogP contribution in [0.4, 0.5) is 0 Å². The average molecular weight is 253 g/mol. The first kappa shape index (κ1) is 14.3. The number of likely N-dealkylation sites (N-methyl/N-ethyl adjacent to an activating group) is 2. The van der Waals surface area contributed by atoms with Gasteiger partial charge in [0.1, 0.15) is 0 Å². The van der Waals surface area contributed by atoms with Crippen molar-refractivity contribution in [3.8, 4) is 0 Å². The Labute approximate surface area is 113 Å². The zero-order chi connectivity index (χ0) is 13.3. The number of rotatable bonds is 3. The molecule has 106 valence electrons. The molecule has 2 aliphatic rings. The minimum absolute atomic E-state index is 0.234. The SMILES string of the molecule is CN1CC(N(C)[C@H]2CCCC[C@@H]2NC(C)(C)C)C1. The molecule has 1 saturated carbocycles. The van der Waals surface area contributed by atoms with E-state index in [1.54, 1.807) is 0 Å². The highest BCUT2D eigenvalue weighted by Gasteiger charge is 2.36. The fourth-order valence-corrected chi connectivity index (χ4v) is 3.52. The Morgan fingerprint density at radius 2 is 1.72 bits per heavy atom. The van der Waals surface area contributed by atoms with Gasteiger partial charge in [0, 0.05) is 36.8 Å². The molecule has 2 rings (SSSR count). The fraction of sp³-hybridized carbons (Fsp3) is 1.00. The Hall–Kier alpha value is -0.120. The van der Waals surface area contributed by atoms with Gasteiger partial charge >= 0.3 is 0 Å². The van der Waals surface area contributed by atoms with Crippen LogP contribution in [0.3, 0.4) is 0 Å². The van der Waals surface area contributed by atoms with Gasteiger partial charge in [-0.15, -0.1) is 0 Å². The predicted octanol–water partition coefficient (Wildman–Crippen LogP) is 1.93. The quantitative estimate of drug-likeness (QED) is 0.829. The lowest BCUT2D eigenvalue weighted by molar-refractivity contribution is 0.0152. The zero-order valence-electron chi connectivity index (χ0n) is 12.9. The highest BCUT2D eigenvalue weighted by molar-refractivity contribution is 4.95. The van der Waals surface area contributed by atoms with Crippen LogP contribution in [0.5, 0.6) is 0 Å². The van der Waals surface area contributed by atoms with Crippen LogP contribution in [0, 0.1) is 0 Å². The Balaban J connectivity index is 1.94. The van der Waals surface area contributed by atoms with Crippen molar-refractivity contribution in [1.29, 1.82) is 0 Å². The maximum Gasteiger partial charge on any atom is 0.0350 e. The van der Waals surface area contributed by atoms with E-state index < -0.39 is 0 Å². The van der Waals surface area contributed by atoms with Gasteiger partial charge in [-0.2, -0.15) is 0 Å². The van der Waals surface area contributed by atoms with E-state index in [4.69, 9.17) is 0 Å². The summed E-state index contributed by atoms with van der Waals surface area (Å²) in [5.74, 6) is 0. The van der Waals surface area contributed by atoms with Crippen molar-refractivity contribution in [2.24, 2.45) is 0 Å². The third kappa shape index (κ3) is 3.46. The summed E-state index contributed by atoms with van der Waals surface area (Å²) in [6.45, 7) is 9.35. The Morgan fingerprint density at radius 1 is 1.11 bits per heavy atom. The molecule has 0 amide bonds. The summed E-state index contributed by atoms with van der Waals surface area (Å²) in [7, 11) is 4.56. The van der Waals surface area contributed by atoms with E-state index in [9.17, 15) is 0 Å². The molecular weight excluding hydrogens is 222 g/mol. The second-order valence-corrected chi connectivity index (χ2v) is 7.39. The van der Waals surface area contributed by atoms with Crippen LogP contribution in [-0.4, -0.2) is 60.6 Å². The second-order valence-electron chi connectivity index (χ2n) is 7.39. The van der Waals surface area contributed by atoms with E-state index in [1.807, 2.05) is 0 Å². The van der Waals surface area contributed by atoms with Crippen LogP contribution >= 0.6 is 0 Å². The van der Waals surface area contributed by atoms with Crippen molar-refractivity contribution >= 4 is 0 Å². The van der Waals surface area contributed by atoms with Crippen LogP contribution in [0.2, 0.25) is 0 Å². The van der Waals surface area contributed by atoms with E-state index in [1.165, 1.54) is 38.8 Å². The smallest absolute Gasteiger partial charge is 0.0350 e. The van der Waals surface area contributed by atoms with Crippen LogP contribution in [0.25, 0.3) is 0 Å². The van der Waals surface area contributed by atoms with Gasteiger partial charge in [-0.3, -0.25) is 4.90 Å². The first-order valence-corrected chi connectivity index (χ1v) is 7.55. The molecule has 3 nitrogen and oxygen atoms in total. The van der Waals surface area contributed by atoms with Crippen LogP contribution in [-0.2, 0) is 0 Å². The van der Waals surface area contributed by atoms with Crippen LogP contribution < -0.4 is 5.32 Å². The van der Waals surface area contributed by atoms with E-state index in [0.29, 0.717) is 6.04 Å². The molecular formula is C15H31N3. The summed E-state index contributed by atoms with van der Waals surface area (Å²) in [4.78, 5) is 5.07. The summed E-state index contributed by atoms with van der Waals surface area (Å²) in [5, 5.41) is 3.85. The van der Waals surface area contributed by atoms with Gasteiger partial charge in [0.05, 0.1) is 0 Å². The van der Waals surface area contributed by atoms with E-state index in [2.05, 4.69) is 50.0 Å². The van der Waals surface area contributed by atoms with Crippen molar-refractivity contribution in [2.45, 2.75) is 70.1 Å². The number of likely N-dealkylation sites (tertiary alicyclic amines) is 1. The Kier molecular flexibility index (Phi) is 4.35. The lowest BCUT2D eigenvalue weighted by atomic mass is 9.86. The summed E-state index contributed by atoms with van der Waals surface area (Å²) < 4.78 is 0. The minimum Gasteiger partial charge on any atom is -0.308 e. The minimum atomic E-state index is 0.234. The maximum absolute atomic E-state index is 3.85. The molecule has 0 bridgehead atoms. The summed E-state index contributed by atoms with van der Waals surface area (Å²) in [6.07, 6.45) is 5.50. The van der Waals surface area contributed by atoms with Crippen molar-refractivity contribution in [2.75, 3.05) is 27.2 Å². The van der Waals surface area contributed by atoms with Crippen LogP contribution in [0.15, 0.2) is 0 Å². The number of nitrogens with one attached hydrogen (secondary N) is 1. The van der Waals surface area contributed by atoms with Gasteiger partial charge in [-0.25, -0.2) is 0 Å². The lowest BCUT2D eigenvalue weighted by Gasteiger charge is -2.49. The van der Waals surface area contributed by atoms with Gasteiger partial charge in [-0.05, 0) is 47.7 Å². The molecule has 3 heteroatoms. The lowest BCUT2D eigenvalue weighted by Crippen LogP contribution is -2.64. The fourth-order valence-electron chi connectivity index (χ4n) is 3.52. The van der Waals surface area contributed by atoms with Gasteiger partial charge in [0.2, 0.25) is 0 Å². The molecule has 0 aromatic rings. The first-order chi connectivity index (χ1) is 8.37.